The second-order valence-corrected chi connectivity index (χ2v) is 4.95. The van der Waals surface area contributed by atoms with E-state index in [-0.39, 0.29) is 24.2 Å². The molecule has 2 aromatic rings. The molecule has 0 radical (unpaired) electrons. The van der Waals surface area contributed by atoms with Crippen LogP contribution in [0, 0.1) is 11.3 Å². The molecule has 0 fully saturated rings. The molecule has 6 heteroatoms. The molecular weight excluding hydrogens is 268 g/mol. The Morgan fingerprint density at radius 1 is 1.29 bits per heavy atom. The van der Waals surface area contributed by atoms with Crippen LogP contribution in [0.5, 0.6) is 0 Å². The number of anilines is 1. The minimum Gasteiger partial charge on any atom is -0.325 e. The van der Waals surface area contributed by atoms with Crippen molar-refractivity contribution in [3.8, 4) is 6.07 Å². The van der Waals surface area contributed by atoms with Crippen LogP contribution in [0.15, 0.2) is 41.5 Å². The van der Waals surface area contributed by atoms with Crippen LogP contribution in [-0.4, -0.2) is 15.0 Å². The van der Waals surface area contributed by atoms with E-state index >= 15 is 0 Å². The Morgan fingerprint density at radius 2 is 1.95 bits per heavy atom. The van der Waals surface area contributed by atoms with Crippen LogP contribution >= 0.6 is 0 Å². The second-order valence-electron chi connectivity index (χ2n) is 4.95. The summed E-state index contributed by atoms with van der Waals surface area (Å²) in [5.74, 6) is -0.289. The Hall–Kier alpha value is -2.81. The van der Waals surface area contributed by atoms with Crippen molar-refractivity contribution in [2.45, 2.75) is 26.4 Å². The van der Waals surface area contributed by atoms with Gasteiger partial charge < -0.3 is 5.32 Å². The third-order valence-electron chi connectivity index (χ3n) is 3.04. The minimum absolute atomic E-state index is 0.0431. The molecule has 0 atom stereocenters. The van der Waals surface area contributed by atoms with Gasteiger partial charge in [0.1, 0.15) is 6.54 Å². The van der Waals surface area contributed by atoms with E-state index in [1.807, 2.05) is 19.9 Å². The number of nitrogens with zero attached hydrogens (tertiary/aromatic N) is 3. The maximum atomic E-state index is 12.0. The van der Waals surface area contributed by atoms with Crippen molar-refractivity contribution < 1.29 is 4.79 Å². The monoisotopic (exact) mass is 284 g/mol. The van der Waals surface area contributed by atoms with Crippen molar-refractivity contribution in [3.63, 3.8) is 0 Å². The van der Waals surface area contributed by atoms with E-state index in [0.29, 0.717) is 11.3 Å². The zero-order valence-electron chi connectivity index (χ0n) is 11.9. The summed E-state index contributed by atoms with van der Waals surface area (Å²) in [5.41, 5.74) is 0.911. The fourth-order valence-corrected chi connectivity index (χ4v) is 1.92. The predicted octanol–water partition coefficient (Wildman–Crippen LogP) is 1.74. The lowest BCUT2D eigenvalue weighted by Crippen LogP contribution is -2.29. The molecule has 1 heterocycles. The van der Waals surface area contributed by atoms with Gasteiger partial charge in [-0.3, -0.25) is 13.9 Å². The van der Waals surface area contributed by atoms with Crippen molar-refractivity contribution in [1.29, 1.82) is 5.26 Å². The van der Waals surface area contributed by atoms with Crippen molar-refractivity contribution in [2.24, 2.45) is 0 Å². The van der Waals surface area contributed by atoms with Gasteiger partial charge in [0.05, 0.1) is 11.6 Å². The van der Waals surface area contributed by atoms with Crippen LogP contribution in [0.1, 0.15) is 25.5 Å². The molecule has 0 bridgehead atoms. The third-order valence-corrected chi connectivity index (χ3v) is 3.04. The first-order valence-corrected chi connectivity index (χ1v) is 6.58. The molecular formula is C15H16N4O2. The summed E-state index contributed by atoms with van der Waals surface area (Å²) >= 11 is 0. The van der Waals surface area contributed by atoms with Crippen molar-refractivity contribution in [3.05, 3.63) is 52.7 Å². The number of aromatic nitrogens is 2. The number of hydrogen-bond acceptors (Lipinski definition) is 3. The Kier molecular flexibility index (Phi) is 4.24. The number of imidazole rings is 1. The van der Waals surface area contributed by atoms with Gasteiger partial charge in [0.15, 0.2) is 0 Å². The number of nitrogens with one attached hydrogen (secondary N) is 1. The molecule has 0 aliphatic heterocycles. The Bertz CT molecular complexity index is 732. The smallest absolute Gasteiger partial charge is 0.325 e. The van der Waals surface area contributed by atoms with Crippen molar-refractivity contribution in [1.82, 2.24) is 9.13 Å². The van der Waals surface area contributed by atoms with Crippen LogP contribution in [0.2, 0.25) is 0 Å². The first-order valence-electron chi connectivity index (χ1n) is 6.58. The van der Waals surface area contributed by atoms with E-state index in [1.165, 1.54) is 4.57 Å². The van der Waals surface area contributed by atoms with Gasteiger partial charge in [-0.25, -0.2) is 4.79 Å². The van der Waals surface area contributed by atoms with Crippen molar-refractivity contribution >= 4 is 11.6 Å². The molecule has 0 saturated heterocycles. The van der Waals surface area contributed by atoms with E-state index in [4.69, 9.17) is 5.26 Å². The molecule has 1 aromatic heterocycles. The number of nitriles is 1. The summed E-state index contributed by atoms with van der Waals surface area (Å²) in [6.07, 6.45) is 3.27. The van der Waals surface area contributed by atoms with Gasteiger partial charge in [-0.15, -0.1) is 0 Å². The molecule has 0 aliphatic rings. The highest BCUT2D eigenvalue weighted by Gasteiger charge is 2.09. The zero-order valence-corrected chi connectivity index (χ0v) is 11.9. The summed E-state index contributed by atoms with van der Waals surface area (Å²) in [4.78, 5) is 23.9. The average Bonchev–Trinajstić information content (AvgIpc) is 2.81. The van der Waals surface area contributed by atoms with Crippen molar-refractivity contribution in [2.75, 3.05) is 5.32 Å². The van der Waals surface area contributed by atoms with Gasteiger partial charge in [-0.05, 0) is 38.1 Å². The Labute approximate surface area is 122 Å². The summed E-state index contributed by atoms with van der Waals surface area (Å²) in [5, 5.41) is 11.4. The summed E-state index contributed by atoms with van der Waals surface area (Å²) in [6.45, 7) is 3.77. The number of amides is 1. The minimum atomic E-state index is -0.289. The lowest BCUT2D eigenvalue weighted by molar-refractivity contribution is -0.116. The van der Waals surface area contributed by atoms with Crippen LogP contribution < -0.4 is 11.0 Å². The lowest BCUT2D eigenvalue weighted by Gasteiger charge is -2.06. The fourth-order valence-electron chi connectivity index (χ4n) is 1.92. The quantitative estimate of drug-likeness (QED) is 0.928. The van der Waals surface area contributed by atoms with E-state index in [9.17, 15) is 9.59 Å². The highest BCUT2D eigenvalue weighted by molar-refractivity contribution is 5.90. The van der Waals surface area contributed by atoms with Gasteiger partial charge in [-0.1, -0.05) is 0 Å². The third kappa shape index (κ3) is 3.39. The van der Waals surface area contributed by atoms with Gasteiger partial charge in [0.2, 0.25) is 5.91 Å². The lowest BCUT2D eigenvalue weighted by atomic mass is 10.2. The first-order chi connectivity index (χ1) is 10.0. The average molecular weight is 284 g/mol. The number of rotatable bonds is 4. The van der Waals surface area contributed by atoms with E-state index in [0.717, 1.165) is 0 Å². The topological polar surface area (TPSA) is 79.8 Å². The number of benzene rings is 1. The molecule has 0 unspecified atom stereocenters. The molecule has 0 aliphatic carbocycles. The Balaban J connectivity index is 2.05. The van der Waals surface area contributed by atoms with Crippen LogP contribution in [0.3, 0.4) is 0 Å². The zero-order chi connectivity index (χ0) is 15.4. The molecule has 108 valence electrons. The van der Waals surface area contributed by atoms with Gasteiger partial charge >= 0.3 is 5.69 Å². The maximum absolute atomic E-state index is 12.0. The van der Waals surface area contributed by atoms with E-state index < -0.39 is 0 Å². The molecule has 0 spiro atoms. The second kappa shape index (κ2) is 6.09. The summed E-state index contributed by atoms with van der Waals surface area (Å²) in [7, 11) is 0. The first kappa shape index (κ1) is 14.6. The van der Waals surface area contributed by atoms with Gasteiger partial charge in [0.25, 0.3) is 0 Å². The summed E-state index contributed by atoms with van der Waals surface area (Å²) < 4.78 is 2.92. The number of carbonyl (C=O) groups is 1. The Morgan fingerprint density at radius 3 is 2.48 bits per heavy atom. The largest absolute Gasteiger partial charge is 0.328 e. The molecule has 0 saturated carbocycles. The molecule has 1 N–H and O–H groups in total. The number of hydrogen-bond donors (Lipinski definition) is 1. The maximum Gasteiger partial charge on any atom is 0.328 e. The predicted molar refractivity (Wildman–Crippen MR) is 78.9 cm³/mol. The SMILES string of the molecule is CC(C)n1ccn(CC(=O)Nc2ccc(C#N)cc2)c1=O. The molecule has 1 amide bonds. The van der Waals surface area contributed by atoms with Crippen LogP contribution in [0.25, 0.3) is 0 Å². The normalized spacial score (nSPS) is 10.4. The van der Waals surface area contributed by atoms with Crippen LogP contribution in [-0.2, 0) is 11.3 Å². The van der Waals surface area contributed by atoms with Gasteiger partial charge in [-0.2, -0.15) is 5.26 Å². The molecule has 2 rings (SSSR count). The molecule has 1 aromatic carbocycles. The standard InChI is InChI=1S/C15H16N4O2/c1-11(2)19-8-7-18(15(19)21)10-14(20)17-13-5-3-12(9-16)4-6-13/h3-8,11H,10H2,1-2H3,(H,17,20). The van der Waals surface area contributed by atoms with Crippen LogP contribution in [0.4, 0.5) is 5.69 Å². The van der Waals surface area contributed by atoms with E-state index in [1.54, 1.807) is 41.2 Å². The summed E-state index contributed by atoms with van der Waals surface area (Å²) in [6, 6.07) is 8.61. The molecule has 6 nitrogen and oxygen atoms in total. The van der Waals surface area contributed by atoms with Gasteiger partial charge in [0, 0.05) is 24.1 Å². The fraction of sp³-hybridized carbons (Fsp3) is 0.267. The highest BCUT2D eigenvalue weighted by atomic mass is 16.2. The number of carbonyl (C=O) groups excluding carboxylic acids is 1. The van der Waals surface area contributed by atoms with E-state index in [2.05, 4.69) is 5.32 Å². The highest BCUT2D eigenvalue weighted by Crippen LogP contribution is 2.08. The molecule has 21 heavy (non-hydrogen) atoms.